The second kappa shape index (κ2) is 7.46. The second-order valence-electron chi connectivity index (χ2n) is 4.27. The first-order chi connectivity index (χ1) is 10.5. The van der Waals surface area contributed by atoms with Crippen molar-refractivity contribution in [2.24, 2.45) is 0 Å². The summed E-state index contributed by atoms with van der Waals surface area (Å²) in [6.07, 6.45) is 1.50. The van der Waals surface area contributed by atoms with E-state index in [1.54, 1.807) is 18.2 Å². The van der Waals surface area contributed by atoms with Gasteiger partial charge in [-0.05, 0) is 35.9 Å². The fourth-order valence-electron chi connectivity index (χ4n) is 1.68. The Labute approximate surface area is 146 Å². The number of nitrogens with zero attached hydrogens (tertiary/aromatic N) is 1. The third-order valence-electron chi connectivity index (χ3n) is 2.75. The number of nitrogens with one attached hydrogen (secondary N) is 1. The molecule has 0 aromatic heterocycles. The van der Waals surface area contributed by atoms with Crippen LogP contribution in [0.4, 0.5) is 5.69 Å². The van der Waals surface area contributed by atoms with Gasteiger partial charge >= 0.3 is 0 Å². The van der Waals surface area contributed by atoms with Gasteiger partial charge in [0.2, 0.25) is 0 Å². The Morgan fingerprint density at radius 3 is 2.59 bits per heavy atom. The van der Waals surface area contributed by atoms with Gasteiger partial charge < -0.3 is 5.32 Å². The summed E-state index contributed by atoms with van der Waals surface area (Å²) in [6, 6.07) is 13.9. The summed E-state index contributed by atoms with van der Waals surface area (Å²) >= 11 is 15.2. The Kier molecular flexibility index (Phi) is 5.62. The lowest BCUT2D eigenvalue weighted by atomic mass is 10.1. The Balaban J connectivity index is 2.27. The van der Waals surface area contributed by atoms with Crippen molar-refractivity contribution in [1.82, 2.24) is 0 Å². The second-order valence-corrected chi connectivity index (χ2v) is 5.97. The molecule has 0 saturated carbocycles. The minimum Gasteiger partial charge on any atom is -0.320 e. The number of rotatable bonds is 3. The van der Waals surface area contributed by atoms with E-state index in [0.29, 0.717) is 15.7 Å². The normalized spacial score (nSPS) is 10.9. The molecule has 0 aliphatic carbocycles. The molecule has 0 fully saturated rings. The summed E-state index contributed by atoms with van der Waals surface area (Å²) < 4.78 is 0.792. The number of amides is 1. The Hall–Kier alpha value is -1.80. The molecule has 0 bridgehead atoms. The largest absolute Gasteiger partial charge is 0.320 e. The zero-order chi connectivity index (χ0) is 16.1. The molecule has 2 aromatic carbocycles. The van der Waals surface area contributed by atoms with Crippen LogP contribution >= 0.6 is 39.1 Å². The minimum atomic E-state index is -0.539. The topological polar surface area (TPSA) is 52.9 Å². The first kappa shape index (κ1) is 16.6. The fraction of sp³-hybridized carbons (Fsp3) is 0. The van der Waals surface area contributed by atoms with E-state index >= 15 is 0 Å². The van der Waals surface area contributed by atoms with Gasteiger partial charge in [-0.25, -0.2) is 0 Å². The van der Waals surface area contributed by atoms with E-state index in [-0.39, 0.29) is 5.57 Å². The van der Waals surface area contributed by atoms with Crippen LogP contribution in [0, 0.1) is 11.3 Å². The summed E-state index contributed by atoms with van der Waals surface area (Å²) in [4.78, 5) is 12.2. The van der Waals surface area contributed by atoms with E-state index in [2.05, 4.69) is 21.2 Å². The van der Waals surface area contributed by atoms with Gasteiger partial charge in [0, 0.05) is 9.50 Å². The number of hydrogen-bond donors (Lipinski definition) is 1. The number of nitriles is 1. The lowest BCUT2D eigenvalue weighted by Crippen LogP contribution is -2.13. The number of carbonyl (C=O) groups is 1. The predicted octanol–water partition coefficient (Wildman–Crippen LogP) is 5.30. The highest BCUT2D eigenvalue weighted by atomic mass is 79.9. The molecule has 2 rings (SSSR count). The van der Waals surface area contributed by atoms with Crippen molar-refractivity contribution < 1.29 is 4.79 Å². The smallest absolute Gasteiger partial charge is 0.266 e. The van der Waals surface area contributed by atoms with Crippen molar-refractivity contribution in [2.45, 2.75) is 0 Å². The van der Waals surface area contributed by atoms with Crippen molar-refractivity contribution >= 4 is 56.8 Å². The molecule has 22 heavy (non-hydrogen) atoms. The van der Waals surface area contributed by atoms with Gasteiger partial charge in [0.15, 0.2) is 0 Å². The Bertz CT molecular complexity index is 797. The lowest BCUT2D eigenvalue weighted by Gasteiger charge is -2.07. The van der Waals surface area contributed by atoms with Crippen molar-refractivity contribution in [3.05, 3.63) is 68.1 Å². The number of benzene rings is 2. The predicted molar refractivity (Wildman–Crippen MR) is 92.8 cm³/mol. The fourth-order valence-corrected chi connectivity index (χ4v) is 2.53. The summed E-state index contributed by atoms with van der Waals surface area (Å²) in [5, 5.41) is 12.6. The third-order valence-corrected chi connectivity index (χ3v) is 4.02. The van der Waals surface area contributed by atoms with Crippen molar-refractivity contribution in [3.8, 4) is 6.07 Å². The van der Waals surface area contributed by atoms with Gasteiger partial charge in [0.05, 0.1) is 10.7 Å². The zero-order valence-electron chi connectivity index (χ0n) is 11.1. The molecule has 0 unspecified atom stereocenters. The molecule has 2 aromatic rings. The third kappa shape index (κ3) is 4.11. The van der Waals surface area contributed by atoms with Gasteiger partial charge in [0.25, 0.3) is 5.91 Å². The van der Waals surface area contributed by atoms with Crippen molar-refractivity contribution in [2.75, 3.05) is 5.32 Å². The molecule has 0 aliphatic heterocycles. The molecule has 1 amide bonds. The molecule has 110 valence electrons. The summed E-state index contributed by atoms with van der Waals surface area (Å²) in [6.45, 7) is 0. The van der Waals surface area contributed by atoms with Gasteiger partial charge in [-0.15, -0.1) is 0 Å². The van der Waals surface area contributed by atoms with Crippen LogP contribution in [0.25, 0.3) is 6.08 Å². The first-order valence-corrected chi connectivity index (χ1v) is 7.69. The molecule has 0 heterocycles. The number of carbonyl (C=O) groups excluding carboxylic acids is 1. The average molecular weight is 396 g/mol. The summed E-state index contributed by atoms with van der Waals surface area (Å²) in [5.41, 5.74) is 1.10. The van der Waals surface area contributed by atoms with E-state index in [1.807, 2.05) is 24.3 Å². The molecule has 0 spiro atoms. The van der Waals surface area contributed by atoms with E-state index in [0.717, 1.165) is 10.0 Å². The highest BCUT2D eigenvalue weighted by molar-refractivity contribution is 9.10. The maximum Gasteiger partial charge on any atom is 0.266 e. The number of anilines is 1. The van der Waals surface area contributed by atoms with Crippen LogP contribution in [0.2, 0.25) is 10.0 Å². The maximum absolute atomic E-state index is 12.2. The van der Waals surface area contributed by atoms with Crippen LogP contribution in [0.3, 0.4) is 0 Å². The highest BCUT2D eigenvalue weighted by Crippen LogP contribution is 2.26. The van der Waals surface area contributed by atoms with E-state index in [1.165, 1.54) is 12.1 Å². The van der Waals surface area contributed by atoms with Crippen LogP contribution in [0.1, 0.15) is 5.56 Å². The number of halogens is 3. The molecular weight excluding hydrogens is 387 g/mol. The van der Waals surface area contributed by atoms with Crippen molar-refractivity contribution in [1.29, 1.82) is 5.26 Å². The zero-order valence-corrected chi connectivity index (χ0v) is 14.2. The van der Waals surface area contributed by atoms with E-state index in [4.69, 9.17) is 23.2 Å². The molecule has 3 nitrogen and oxygen atoms in total. The Morgan fingerprint density at radius 1 is 1.23 bits per heavy atom. The van der Waals surface area contributed by atoms with Gasteiger partial charge in [-0.3, -0.25) is 4.79 Å². The molecule has 0 radical (unpaired) electrons. The van der Waals surface area contributed by atoms with Gasteiger partial charge in [-0.2, -0.15) is 5.26 Å². The maximum atomic E-state index is 12.2. The molecule has 0 atom stereocenters. The summed E-state index contributed by atoms with van der Waals surface area (Å²) in [5.74, 6) is -0.539. The molecule has 6 heteroatoms. The van der Waals surface area contributed by atoms with Gasteiger partial charge in [0.1, 0.15) is 11.6 Å². The van der Waals surface area contributed by atoms with Crippen LogP contribution < -0.4 is 5.32 Å². The van der Waals surface area contributed by atoms with Crippen LogP contribution in [-0.2, 0) is 4.79 Å². The van der Waals surface area contributed by atoms with Crippen LogP contribution in [0.15, 0.2) is 52.5 Å². The monoisotopic (exact) mass is 394 g/mol. The van der Waals surface area contributed by atoms with Crippen molar-refractivity contribution in [3.63, 3.8) is 0 Å². The quantitative estimate of drug-likeness (QED) is 0.566. The SMILES string of the molecule is N#CC(=Cc1ccccc1Br)C(=O)Nc1ccc(Cl)cc1Cl. The standard InChI is InChI=1S/C16H9BrCl2N2O/c17-13-4-2-1-3-10(13)7-11(9-20)16(22)21-15-6-5-12(18)8-14(15)19/h1-8H,(H,21,22). The summed E-state index contributed by atoms with van der Waals surface area (Å²) in [7, 11) is 0. The first-order valence-electron chi connectivity index (χ1n) is 6.14. The average Bonchev–Trinajstić information content (AvgIpc) is 2.49. The highest BCUT2D eigenvalue weighted by Gasteiger charge is 2.12. The van der Waals surface area contributed by atoms with Gasteiger partial charge in [-0.1, -0.05) is 57.3 Å². The molecule has 0 aliphatic rings. The van der Waals surface area contributed by atoms with E-state index < -0.39 is 5.91 Å². The molecule has 1 N–H and O–H groups in total. The lowest BCUT2D eigenvalue weighted by molar-refractivity contribution is -0.112. The Morgan fingerprint density at radius 2 is 1.95 bits per heavy atom. The van der Waals surface area contributed by atoms with Crippen LogP contribution in [-0.4, -0.2) is 5.91 Å². The molecule has 0 saturated heterocycles. The minimum absolute atomic E-state index is 0.0297. The molecular formula is C16H9BrCl2N2O. The van der Waals surface area contributed by atoms with Crippen LogP contribution in [0.5, 0.6) is 0 Å². The van der Waals surface area contributed by atoms with E-state index in [9.17, 15) is 10.1 Å². The number of hydrogen-bond acceptors (Lipinski definition) is 2.